The molecule has 1 aromatic heterocycles. The van der Waals surface area contributed by atoms with E-state index in [1.165, 1.54) is 11.1 Å². The molecule has 3 nitrogen and oxygen atoms in total. The summed E-state index contributed by atoms with van der Waals surface area (Å²) in [5, 5.41) is 3.47. The molecule has 0 fully saturated rings. The van der Waals surface area contributed by atoms with Crippen LogP contribution in [0.25, 0.3) is 0 Å². The highest BCUT2D eigenvalue weighted by atomic mass is 14.9. The number of hydrogen-bond acceptors (Lipinski definition) is 2. The van der Waals surface area contributed by atoms with Gasteiger partial charge in [0, 0.05) is 25.4 Å². The number of nitrogens with one attached hydrogen (secondary N) is 2. The molecule has 2 aromatic rings. The van der Waals surface area contributed by atoms with E-state index in [2.05, 4.69) is 53.4 Å². The summed E-state index contributed by atoms with van der Waals surface area (Å²) in [5.41, 5.74) is 2.75. The minimum absolute atomic E-state index is 0.607. The first-order valence-electron chi connectivity index (χ1n) is 7.03. The molecule has 0 aliphatic heterocycles. The van der Waals surface area contributed by atoms with Gasteiger partial charge in [0.15, 0.2) is 0 Å². The van der Waals surface area contributed by atoms with Crippen LogP contribution in [0.2, 0.25) is 0 Å². The second kappa shape index (κ2) is 7.10. The standard InChI is InChI=1S/C16H23N3/c1-13(2)15-7-5-14(6-8-15)12-17-9-3-4-16-18-10-11-19-16/h5-8,10-11,13,17H,3-4,9,12H2,1-2H3,(H,18,19). The zero-order chi connectivity index (χ0) is 13.5. The number of aromatic amines is 1. The monoisotopic (exact) mass is 257 g/mol. The number of aryl methyl sites for hydroxylation is 1. The lowest BCUT2D eigenvalue weighted by molar-refractivity contribution is 0.641. The Bertz CT molecular complexity index is 457. The minimum atomic E-state index is 0.607. The summed E-state index contributed by atoms with van der Waals surface area (Å²) >= 11 is 0. The molecule has 19 heavy (non-hydrogen) atoms. The van der Waals surface area contributed by atoms with E-state index in [4.69, 9.17) is 0 Å². The van der Waals surface area contributed by atoms with Crippen molar-refractivity contribution in [1.29, 1.82) is 0 Å². The number of nitrogens with zero attached hydrogens (tertiary/aromatic N) is 1. The van der Waals surface area contributed by atoms with Crippen molar-refractivity contribution in [3.8, 4) is 0 Å². The fourth-order valence-electron chi connectivity index (χ4n) is 2.07. The average Bonchev–Trinajstić information content (AvgIpc) is 2.92. The molecule has 0 aliphatic rings. The normalized spacial score (nSPS) is 11.1. The van der Waals surface area contributed by atoms with Crippen LogP contribution >= 0.6 is 0 Å². The van der Waals surface area contributed by atoms with Gasteiger partial charge in [0.2, 0.25) is 0 Å². The van der Waals surface area contributed by atoms with Crippen molar-refractivity contribution in [3.63, 3.8) is 0 Å². The zero-order valence-electron chi connectivity index (χ0n) is 11.8. The third-order valence-electron chi connectivity index (χ3n) is 3.30. The van der Waals surface area contributed by atoms with Gasteiger partial charge in [-0.3, -0.25) is 0 Å². The minimum Gasteiger partial charge on any atom is -0.349 e. The van der Waals surface area contributed by atoms with Gasteiger partial charge < -0.3 is 10.3 Å². The fourth-order valence-corrected chi connectivity index (χ4v) is 2.07. The molecule has 0 radical (unpaired) electrons. The van der Waals surface area contributed by atoms with Gasteiger partial charge in [0.05, 0.1) is 0 Å². The third-order valence-corrected chi connectivity index (χ3v) is 3.30. The highest BCUT2D eigenvalue weighted by Gasteiger charge is 1.99. The highest BCUT2D eigenvalue weighted by Crippen LogP contribution is 2.14. The van der Waals surface area contributed by atoms with Crippen molar-refractivity contribution >= 4 is 0 Å². The summed E-state index contributed by atoms with van der Waals surface area (Å²) in [6.07, 6.45) is 5.79. The molecule has 0 unspecified atom stereocenters. The van der Waals surface area contributed by atoms with Crippen LogP contribution in [0.3, 0.4) is 0 Å². The molecule has 2 rings (SSSR count). The molecule has 1 heterocycles. The lowest BCUT2D eigenvalue weighted by atomic mass is 10.0. The van der Waals surface area contributed by atoms with Crippen LogP contribution in [0.5, 0.6) is 0 Å². The van der Waals surface area contributed by atoms with Gasteiger partial charge in [0.1, 0.15) is 5.82 Å². The van der Waals surface area contributed by atoms with E-state index >= 15 is 0 Å². The molecule has 0 atom stereocenters. The Morgan fingerprint density at radius 3 is 2.63 bits per heavy atom. The molecule has 0 bridgehead atoms. The average molecular weight is 257 g/mol. The summed E-state index contributed by atoms with van der Waals surface area (Å²) < 4.78 is 0. The van der Waals surface area contributed by atoms with Gasteiger partial charge in [-0.2, -0.15) is 0 Å². The molecule has 2 N–H and O–H groups in total. The summed E-state index contributed by atoms with van der Waals surface area (Å²) in [4.78, 5) is 7.34. The number of aromatic nitrogens is 2. The smallest absolute Gasteiger partial charge is 0.106 e. The Kier molecular flexibility index (Phi) is 5.16. The molecule has 102 valence electrons. The van der Waals surface area contributed by atoms with E-state index < -0.39 is 0 Å². The quantitative estimate of drug-likeness (QED) is 0.747. The highest BCUT2D eigenvalue weighted by molar-refractivity contribution is 5.24. The second-order valence-electron chi connectivity index (χ2n) is 5.21. The molecule has 0 spiro atoms. The first kappa shape index (κ1) is 13.8. The maximum atomic E-state index is 4.21. The lowest BCUT2D eigenvalue weighted by Gasteiger charge is -2.08. The predicted octanol–water partition coefficient (Wildman–Crippen LogP) is 3.26. The summed E-state index contributed by atoms with van der Waals surface area (Å²) in [6, 6.07) is 8.89. The summed E-state index contributed by atoms with van der Waals surface area (Å²) in [6.45, 7) is 6.41. The van der Waals surface area contributed by atoms with Crippen LogP contribution in [-0.4, -0.2) is 16.5 Å². The first-order valence-corrected chi connectivity index (χ1v) is 7.03. The third kappa shape index (κ3) is 4.52. The fraction of sp³-hybridized carbons (Fsp3) is 0.438. The van der Waals surface area contributed by atoms with Crippen LogP contribution in [0.1, 0.15) is 43.1 Å². The van der Waals surface area contributed by atoms with E-state index in [9.17, 15) is 0 Å². The SMILES string of the molecule is CC(C)c1ccc(CNCCCc2ncc[nH]2)cc1. The molecular formula is C16H23N3. The van der Waals surface area contributed by atoms with Crippen LogP contribution in [0, 0.1) is 0 Å². The van der Waals surface area contributed by atoms with Crippen LogP contribution < -0.4 is 5.32 Å². The van der Waals surface area contributed by atoms with E-state index in [1.54, 1.807) is 6.20 Å². The topological polar surface area (TPSA) is 40.7 Å². The van der Waals surface area contributed by atoms with Gasteiger partial charge in [-0.25, -0.2) is 4.98 Å². The van der Waals surface area contributed by atoms with E-state index in [0.717, 1.165) is 31.8 Å². The maximum Gasteiger partial charge on any atom is 0.106 e. The Balaban J connectivity index is 1.65. The molecule has 3 heteroatoms. The van der Waals surface area contributed by atoms with E-state index in [0.29, 0.717) is 5.92 Å². The maximum absolute atomic E-state index is 4.21. The van der Waals surface area contributed by atoms with Crippen LogP contribution in [0.4, 0.5) is 0 Å². The zero-order valence-corrected chi connectivity index (χ0v) is 11.8. The first-order chi connectivity index (χ1) is 9.25. The molecule has 0 saturated heterocycles. The van der Waals surface area contributed by atoms with Gasteiger partial charge in [0.25, 0.3) is 0 Å². The van der Waals surface area contributed by atoms with Gasteiger partial charge >= 0.3 is 0 Å². The Morgan fingerprint density at radius 2 is 2.00 bits per heavy atom. The number of benzene rings is 1. The van der Waals surface area contributed by atoms with Gasteiger partial charge in [-0.15, -0.1) is 0 Å². The predicted molar refractivity (Wildman–Crippen MR) is 79.1 cm³/mol. The van der Waals surface area contributed by atoms with Crippen LogP contribution in [-0.2, 0) is 13.0 Å². The van der Waals surface area contributed by atoms with Crippen molar-refractivity contribution < 1.29 is 0 Å². The summed E-state index contributed by atoms with van der Waals surface area (Å²) in [7, 11) is 0. The Hall–Kier alpha value is -1.61. The number of imidazole rings is 1. The molecule has 0 amide bonds. The van der Waals surface area contributed by atoms with E-state index in [-0.39, 0.29) is 0 Å². The van der Waals surface area contributed by atoms with Gasteiger partial charge in [-0.1, -0.05) is 38.1 Å². The largest absolute Gasteiger partial charge is 0.349 e. The van der Waals surface area contributed by atoms with Crippen molar-refractivity contribution in [2.24, 2.45) is 0 Å². The number of H-pyrrole nitrogens is 1. The van der Waals surface area contributed by atoms with Crippen molar-refractivity contribution in [2.75, 3.05) is 6.54 Å². The lowest BCUT2D eigenvalue weighted by Crippen LogP contribution is -2.15. The molecule has 0 aliphatic carbocycles. The van der Waals surface area contributed by atoms with Crippen molar-refractivity contribution in [3.05, 3.63) is 53.6 Å². The Morgan fingerprint density at radius 1 is 1.21 bits per heavy atom. The molecule has 0 saturated carbocycles. The number of rotatable bonds is 7. The second-order valence-corrected chi connectivity index (χ2v) is 5.21. The Labute approximate surface area is 115 Å². The van der Waals surface area contributed by atoms with Crippen molar-refractivity contribution in [2.45, 2.75) is 39.2 Å². The summed E-state index contributed by atoms with van der Waals surface area (Å²) in [5.74, 6) is 1.68. The molecule has 1 aromatic carbocycles. The van der Waals surface area contributed by atoms with Crippen LogP contribution in [0.15, 0.2) is 36.7 Å². The number of hydrogen-bond donors (Lipinski definition) is 2. The van der Waals surface area contributed by atoms with E-state index in [1.807, 2.05) is 6.20 Å². The molecular weight excluding hydrogens is 234 g/mol. The van der Waals surface area contributed by atoms with Crippen molar-refractivity contribution in [1.82, 2.24) is 15.3 Å². The van der Waals surface area contributed by atoms with Gasteiger partial charge in [-0.05, 0) is 30.0 Å².